The van der Waals surface area contributed by atoms with E-state index in [1.165, 1.54) is 18.5 Å². The number of carbonyl (C=O) groups excluding carboxylic acids is 1. The number of carbonyl (C=O) groups is 1. The lowest BCUT2D eigenvalue weighted by Crippen LogP contribution is -2.25. The molecule has 0 saturated carbocycles. The summed E-state index contributed by atoms with van der Waals surface area (Å²) < 4.78 is 0. The Kier molecular flexibility index (Phi) is 3.32. The largest absolute Gasteiger partial charge is 0.320 e. The Morgan fingerprint density at radius 1 is 1.58 bits per heavy atom. The highest BCUT2D eigenvalue weighted by atomic mass is 16.2. The van der Waals surface area contributed by atoms with E-state index >= 15 is 0 Å². The molecule has 0 bridgehead atoms. The van der Waals surface area contributed by atoms with E-state index in [1.807, 2.05) is 14.0 Å². The highest BCUT2D eigenvalue weighted by Gasteiger charge is 2.12. The summed E-state index contributed by atoms with van der Waals surface area (Å²) in [6, 6.07) is 0. The van der Waals surface area contributed by atoms with Crippen LogP contribution in [0, 0.1) is 0 Å². The molecule has 0 unspecified atom stereocenters. The number of nitrogens with zero attached hydrogens (tertiary/aromatic N) is 1. The van der Waals surface area contributed by atoms with E-state index in [1.54, 1.807) is 4.90 Å². The van der Waals surface area contributed by atoms with Crippen LogP contribution in [-0.4, -0.2) is 17.9 Å². The van der Waals surface area contributed by atoms with E-state index in [9.17, 15) is 4.79 Å². The average Bonchev–Trinajstić information content (AvgIpc) is 2.17. The highest BCUT2D eigenvalue weighted by Crippen LogP contribution is 2.19. The zero-order valence-electron chi connectivity index (χ0n) is 7.97. The van der Waals surface area contributed by atoms with Gasteiger partial charge in [0, 0.05) is 19.2 Å². The van der Waals surface area contributed by atoms with Crippen LogP contribution in [0.3, 0.4) is 0 Å². The van der Waals surface area contributed by atoms with E-state index in [4.69, 9.17) is 0 Å². The van der Waals surface area contributed by atoms with E-state index < -0.39 is 0 Å². The minimum absolute atomic E-state index is 0.225. The van der Waals surface area contributed by atoms with Gasteiger partial charge in [0.05, 0.1) is 0 Å². The molecule has 1 aliphatic rings. The molecule has 0 saturated heterocycles. The van der Waals surface area contributed by atoms with Gasteiger partial charge in [-0.25, -0.2) is 0 Å². The number of amides is 1. The molecule has 0 aromatic carbocycles. The van der Waals surface area contributed by atoms with Crippen LogP contribution in [-0.2, 0) is 4.79 Å². The van der Waals surface area contributed by atoms with Gasteiger partial charge in [-0.2, -0.15) is 0 Å². The fourth-order valence-electron chi connectivity index (χ4n) is 1.52. The topological polar surface area (TPSA) is 20.3 Å². The van der Waals surface area contributed by atoms with Gasteiger partial charge in [-0.3, -0.25) is 4.79 Å². The molecule has 0 N–H and O–H groups in total. The minimum Gasteiger partial charge on any atom is -0.320 e. The van der Waals surface area contributed by atoms with Crippen molar-refractivity contribution in [2.45, 2.75) is 39.0 Å². The van der Waals surface area contributed by atoms with Crippen molar-refractivity contribution in [3.63, 3.8) is 0 Å². The molecule has 1 amide bonds. The molecular weight excluding hydrogens is 150 g/mol. The quantitative estimate of drug-likeness (QED) is 0.618. The molecule has 0 aliphatic heterocycles. The molecule has 2 heteroatoms. The van der Waals surface area contributed by atoms with Crippen LogP contribution >= 0.6 is 0 Å². The third-order valence-corrected chi connectivity index (χ3v) is 2.37. The van der Waals surface area contributed by atoms with Gasteiger partial charge in [0.1, 0.15) is 0 Å². The van der Waals surface area contributed by atoms with Gasteiger partial charge in [0.2, 0.25) is 5.91 Å². The van der Waals surface area contributed by atoms with E-state index in [0.29, 0.717) is 6.42 Å². The molecule has 1 aliphatic carbocycles. The fraction of sp³-hybridized carbons (Fsp3) is 0.700. The van der Waals surface area contributed by atoms with Crippen LogP contribution in [0.25, 0.3) is 0 Å². The second-order valence-electron chi connectivity index (χ2n) is 3.25. The Bertz CT molecular complexity index is 196. The first kappa shape index (κ1) is 9.30. The number of rotatable bonds is 2. The van der Waals surface area contributed by atoms with Crippen LogP contribution in [0.1, 0.15) is 39.0 Å². The SMILES string of the molecule is CCC(=O)N(C)C1=CCCCC1. The summed E-state index contributed by atoms with van der Waals surface area (Å²) in [5.41, 5.74) is 1.22. The van der Waals surface area contributed by atoms with Crippen molar-refractivity contribution in [1.82, 2.24) is 4.90 Å². The van der Waals surface area contributed by atoms with Crippen molar-refractivity contribution in [1.29, 1.82) is 0 Å². The van der Waals surface area contributed by atoms with E-state index in [0.717, 1.165) is 12.8 Å². The Morgan fingerprint density at radius 2 is 2.33 bits per heavy atom. The first-order valence-electron chi connectivity index (χ1n) is 4.71. The smallest absolute Gasteiger partial charge is 0.226 e. The molecule has 2 nitrogen and oxygen atoms in total. The van der Waals surface area contributed by atoms with Gasteiger partial charge in [0.15, 0.2) is 0 Å². The molecule has 0 heterocycles. The molecule has 0 radical (unpaired) electrons. The monoisotopic (exact) mass is 167 g/mol. The summed E-state index contributed by atoms with van der Waals surface area (Å²) >= 11 is 0. The Hall–Kier alpha value is -0.790. The van der Waals surface area contributed by atoms with Crippen LogP contribution in [0.2, 0.25) is 0 Å². The average molecular weight is 167 g/mol. The van der Waals surface area contributed by atoms with Gasteiger partial charge in [-0.05, 0) is 25.7 Å². The van der Waals surface area contributed by atoms with Crippen molar-refractivity contribution < 1.29 is 4.79 Å². The maximum atomic E-state index is 11.3. The molecule has 0 spiro atoms. The summed E-state index contributed by atoms with van der Waals surface area (Å²) in [5.74, 6) is 0.225. The molecule has 0 fully saturated rings. The van der Waals surface area contributed by atoms with Crippen molar-refractivity contribution in [3.05, 3.63) is 11.8 Å². The zero-order valence-corrected chi connectivity index (χ0v) is 7.97. The summed E-state index contributed by atoms with van der Waals surface area (Å²) in [6.07, 6.45) is 7.51. The predicted octanol–water partition coefficient (Wildman–Crippen LogP) is 2.31. The van der Waals surface area contributed by atoms with Crippen molar-refractivity contribution in [2.24, 2.45) is 0 Å². The van der Waals surface area contributed by atoms with Crippen LogP contribution in [0.4, 0.5) is 0 Å². The third-order valence-electron chi connectivity index (χ3n) is 2.37. The van der Waals surface area contributed by atoms with Gasteiger partial charge >= 0.3 is 0 Å². The number of hydrogen-bond acceptors (Lipinski definition) is 1. The first-order chi connectivity index (χ1) is 5.75. The summed E-state index contributed by atoms with van der Waals surface area (Å²) in [4.78, 5) is 13.1. The Morgan fingerprint density at radius 3 is 2.83 bits per heavy atom. The first-order valence-corrected chi connectivity index (χ1v) is 4.71. The Balaban J connectivity index is 2.56. The number of hydrogen-bond donors (Lipinski definition) is 0. The third kappa shape index (κ3) is 2.10. The lowest BCUT2D eigenvalue weighted by molar-refractivity contribution is -0.127. The molecular formula is C10H17NO. The molecule has 1 rings (SSSR count). The maximum absolute atomic E-state index is 11.3. The van der Waals surface area contributed by atoms with Crippen LogP contribution < -0.4 is 0 Å². The van der Waals surface area contributed by atoms with Gasteiger partial charge < -0.3 is 4.90 Å². The molecule has 0 aromatic heterocycles. The van der Waals surface area contributed by atoms with E-state index in [2.05, 4.69) is 6.08 Å². The van der Waals surface area contributed by atoms with Gasteiger partial charge in [-0.1, -0.05) is 13.0 Å². The molecule has 68 valence electrons. The van der Waals surface area contributed by atoms with Crippen molar-refractivity contribution in [3.8, 4) is 0 Å². The zero-order chi connectivity index (χ0) is 8.97. The van der Waals surface area contributed by atoms with Crippen molar-refractivity contribution in [2.75, 3.05) is 7.05 Å². The molecule has 12 heavy (non-hydrogen) atoms. The standard InChI is InChI=1S/C10H17NO/c1-3-10(12)11(2)9-7-5-4-6-8-9/h7H,3-6,8H2,1-2H3. The minimum atomic E-state index is 0.225. The second-order valence-corrected chi connectivity index (χ2v) is 3.25. The lowest BCUT2D eigenvalue weighted by Gasteiger charge is -2.22. The van der Waals surface area contributed by atoms with Gasteiger partial charge in [0.25, 0.3) is 0 Å². The summed E-state index contributed by atoms with van der Waals surface area (Å²) in [5, 5.41) is 0. The predicted molar refractivity (Wildman–Crippen MR) is 49.6 cm³/mol. The van der Waals surface area contributed by atoms with E-state index in [-0.39, 0.29) is 5.91 Å². The molecule has 0 atom stereocenters. The number of allylic oxidation sites excluding steroid dienone is 2. The summed E-state index contributed by atoms with van der Waals surface area (Å²) in [7, 11) is 1.88. The van der Waals surface area contributed by atoms with Crippen LogP contribution in [0.15, 0.2) is 11.8 Å². The van der Waals surface area contributed by atoms with Gasteiger partial charge in [-0.15, -0.1) is 0 Å². The normalized spacial score (nSPS) is 17.0. The fourth-order valence-corrected chi connectivity index (χ4v) is 1.52. The lowest BCUT2D eigenvalue weighted by atomic mass is 10.0. The highest BCUT2D eigenvalue weighted by molar-refractivity contribution is 5.77. The maximum Gasteiger partial charge on any atom is 0.226 e. The summed E-state index contributed by atoms with van der Waals surface area (Å²) in [6.45, 7) is 1.90. The second kappa shape index (κ2) is 4.29. The van der Waals surface area contributed by atoms with Crippen molar-refractivity contribution >= 4 is 5.91 Å². The van der Waals surface area contributed by atoms with Crippen LogP contribution in [0.5, 0.6) is 0 Å². The Labute approximate surface area is 74.2 Å². The molecule has 0 aromatic rings.